The average Bonchev–Trinajstić information content (AvgIpc) is 2.80. The van der Waals surface area contributed by atoms with E-state index in [9.17, 15) is 0 Å². The van der Waals surface area contributed by atoms with Gasteiger partial charge in [-0.05, 0) is 43.5 Å². The Morgan fingerprint density at radius 3 is 3.15 bits per heavy atom. The van der Waals surface area contributed by atoms with Gasteiger partial charge in [-0.1, -0.05) is 12.1 Å². The molecule has 0 bridgehead atoms. The molecule has 1 aliphatic carbocycles. The minimum atomic E-state index is 0.106. The van der Waals surface area contributed by atoms with Gasteiger partial charge in [0, 0.05) is 19.2 Å². The van der Waals surface area contributed by atoms with Crippen molar-refractivity contribution in [3.05, 3.63) is 35.5 Å². The van der Waals surface area contributed by atoms with E-state index in [1.165, 1.54) is 18.4 Å². The summed E-state index contributed by atoms with van der Waals surface area (Å²) >= 11 is 0. The number of benzene rings is 1. The van der Waals surface area contributed by atoms with E-state index >= 15 is 0 Å². The zero-order valence-electron chi connectivity index (χ0n) is 12.2. The lowest BCUT2D eigenvalue weighted by atomic mass is 9.62. The smallest absolute Gasteiger partial charge is 0.165 e. The molecule has 1 fully saturated rings. The summed E-state index contributed by atoms with van der Waals surface area (Å²) in [5.74, 6) is 1.86. The van der Waals surface area contributed by atoms with Crippen molar-refractivity contribution in [2.24, 2.45) is 0 Å². The topological polar surface area (TPSA) is 21.7 Å². The normalized spacial score (nSPS) is 30.8. The largest absolute Gasteiger partial charge is 0.493 e. The molecule has 20 heavy (non-hydrogen) atoms. The highest BCUT2D eigenvalue weighted by molar-refractivity contribution is 5.58. The molecule has 0 saturated heterocycles. The minimum absolute atomic E-state index is 0.106. The summed E-state index contributed by atoms with van der Waals surface area (Å²) in [5.41, 5.74) is 3.00. The minimum Gasteiger partial charge on any atom is -0.493 e. The van der Waals surface area contributed by atoms with Crippen LogP contribution in [0.4, 0.5) is 0 Å². The van der Waals surface area contributed by atoms with Gasteiger partial charge in [0.05, 0.1) is 12.5 Å². The summed E-state index contributed by atoms with van der Waals surface area (Å²) < 4.78 is 11.8. The molecule has 1 aromatic carbocycles. The van der Waals surface area contributed by atoms with Crippen LogP contribution in [-0.2, 0) is 5.41 Å². The average molecular weight is 271 g/mol. The first-order valence-corrected chi connectivity index (χ1v) is 7.51. The third-order valence-corrected chi connectivity index (χ3v) is 5.21. The molecule has 1 saturated carbocycles. The van der Waals surface area contributed by atoms with Gasteiger partial charge in [-0.2, -0.15) is 0 Å². The Labute approximate surface area is 120 Å². The molecule has 2 atom stereocenters. The van der Waals surface area contributed by atoms with E-state index in [-0.39, 0.29) is 5.41 Å². The molecule has 0 N–H and O–H groups in total. The molecule has 4 rings (SSSR count). The number of fused-ring (bicyclic) bond motifs is 1. The van der Waals surface area contributed by atoms with Crippen molar-refractivity contribution < 1.29 is 9.47 Å². The standard InChI is InChI=1S/C17H21NO2/c1-18-10-9-17-12(11-18)5-3-8-15(17)20-16-13(17)6-4-7-14(16)19-2/h4,6-7,11,15H,3,5,8-10H2,1-2H3/t15-,17-/m0/s1. The van der Waals surface area contributed by atoms with Gasteiger partial charge < -0.3 is 14.4 Å². The summed E-state index contributed by atoms with van der Waals surface area (Å²) in [6.45, 7) is 1.10. The number of nitrogens with zero attached hydrogens (tertiary/aromatic N) is 1. The summed E-state index contributed by atoms with van der Waals surface area (Å²) in [7, 11) is 3.90. The van der Waals surface area contributed by atoms with Crippen LogP contribution in [-0.4, -0.2) is 31.7 Å². The second-order valence-electron chi connectivity index (χ2n) is 6.19. The Hall–Kier alpha value is -1.64. The molecular weight excluding hydrogens is 250 g/mol. The van der Waals surface area contributed by atoms with Crippen LogP contribution in [0.15, 0.2) is 30.0 Å². The summed E-state index contributed by atoms with van der Waals surface area (Å²) in [6, 6.07) is 6.34. The van der Waals surface area contributed by atoms with Gasteiger partial charge in [-0.3, -0.25) is 0 Å². The van der Waals surface area contributed by atoms with Crippen LogP contribution < -0.4 is 9.47 Å². The van der Waals surface area contributed by atoms with Gasteiger partial charge in [-0.15, -0.1) is 0 Å². The zero-order chi connectivity index (χ0) is 13.7. The number of hydrogen-bond acceptors (Lipinski definition) is 3. The van der Waals surface area contributed by atoms with Crippen molar-refractivity contribution in [2.45, 2.75) is 37.2 Å². The Bertz CT molecular complexity index is 580. The molecule has 2 aliphatic heterocycles. The quantitative estimate of drug-likeness (QED) is 0.783. The Morgan fingerprint density at radius 2 is 2.30 bits per heavy atom. The fraction of sp³-hybridized carbons (Fsp3) is 0.529. The van der Waals surface area contributed by atoms with Crippen molar-refractivity contribution in [1.29, 1.82) is 0 Å². The molecule has 1 aromatic rings. The van der Waals surface area contributed by atoms with Gasteiger partial charge in [0.15, 0.2) is 11.5 Å². The van der Waals surface area contributed by atoms with Crippen molar-refractivity contribution in [3.8, 4) is 11.5 Å². The number of para-hydroxylation sites is 1. The number of ether oxygens (including phenoxy) is 2. The van der Waals surface area contributed by atoms with E-state index in [0.29, 0.717) is 6.10 Å². The maximum atomic E-state index is 6.34. The molecule has 3 nitrogen and oxygen atoms in total. The zero-order valence-corrected chi connectivity index (χ0v) is 12.2. The summed E-state index contributed by atoms with van der Waals surface area (Å²) in [4.78, 5) is 2.32. The van der Waals surface area contributed by atoms with Crippen LogP contribution in [0.1, 0.15) is 31.2 Å². The summed E-state index contributed by atoms with van der Waals surface area (Å²) in [5, 5.41) is 0. The molecule has 3 heteroatoms. The lowest BCUT2D eigenvalue weighted by Gasteiger charge is -2.45. The molecule has 106 valence electrons. The number of methoxy groups -OCH3 is 1. The fourth-order valence-electron chi connectivity index (χ4n) is 4.27. The molecule has 0 unspecified atom stereocenters. The van der Waals surface area contributed by atoms with E-state index in [2.05, 4.69) is 30.3 Å². The second-order valence-corrected chi connectivity index (χ2v) is 6.19. The first-order chi connectivity index (χ1) is 9.75. The van der Waals surface area contributed by atoms with Crippen LogP contribution in [0.3, 0.4) is 0 Å². The molecule has 3 aliphatic rings. The number of hydrogen-bond donors (Lipinski definition) is 0. The molecule has 0 radical (unpaired) electrons. The predicted molar refractivity (Wildman–Crippen MR) is 78.3 cm³/mol. The van der Waals surface area contributed by atoms with Crippen molar-refractivity contribution in [1.82, 2.24) is 4.90 Å². The number of rotatable bonds is 1. The van der Waals surface area contributed by atoms with E-state index in [0.717, 1.165) is 30.9 Å². The Balaban J connectivity index is 1.92. The van der Waals surface area contributed by atoms with Crippen molar-refractivity contribution in [3.63, 3.8) is 0 Å². The predicted octanol–water partition coefficient (Wildman–Crippen LogP) is 3.10. The van der Waals surface area contributed by atoms with E-state index < -0.39 is 0 Å². The summed E-state index contributed by atoms with van der Waals surface area (Å²) in [6.07, 6.45) is 7.37. The first kappa shape index (κ1) is 12.1. The maximum absolute atomic E-state index is 6.34. The van der Waals surface area contributed by atoms with Gasteiger partial charge in [0.2, 0.25) is 0 Å². The van der Waals surface area contributed by atoms with Crippen LogP contribution in [0.25, 0.3) is 0 Å². The van der Waals surface area contributed by atoms with Gasteiger partial charge in [-0.25, -0.2) is 0 Å². The monoisotopic (exact) mass is 271 g/mol. The molecular formula is C17H21NO2. The van der Waals surface area contributed by atoms with E-state index in [1.54, 1.807) is 12.7 Å². The lowest BCUT2D eigenvalue weighted by Crippen LogP contribution is -2.47. The van der Waals surface area contributed by atoms with Crippen LogP contribution >= 0.6 is 0 Å². The Kier molecular flexibility index (Phi) is 2.53. The van der Waals surface area contributed by atoms with E-state index in [4.69, 9.17) is 9.47 Å². The fourth-order valence-corrected chi connectivity index (χ4v) is 4.27. The molecule has 0 aromatic heterocycles. The highest BCUT2D eigenvalue weighted by Crippen LogP contribution is 2.58. The molecule has 1 spiro atoms. The first-order valence-electron chi connectivity index (χ1n) is 7.51. The van der Waals surface area contributed by atoms with Crippen molar-refractivity contribution >= 4 is 0 Å². The molecule has 2 heterocycles. The SMILES string of the molecule is COc1cccc2c1O[C@H]1CCCC3=CN(C)CC[C@]321. The van der Waals surface area contributed by atoms with Gasteiger partial charge in [0.25, 0.3) is 0 Å². The van der Waals surface area contributed by atoms with Crippen molar-refractivity contribution in [2.75, 3.05) is 20.7 Å². The second kappa shape index (κ2) is 4.18. The maximum Gasteiger partial charge on any atom is 0.165 e. The van der Waals surface area contributed by atoms with Crippen LogP contribution in [0, 0.1) is 0 Å². The van der Waals surface area contributed by atoms with Crippen LogP contribution in [0.5, 0.6) is 11.5 Å². The lowest BCUT2D eigenvalue weighted by molar-refractivity contribution is 0.111. The van der Waals surface area contributed by atoms with Gasteiger partial charge >= 0.3 is 0 Å². The Morgan fingerprint density at radius 1 is 1.40 bits per heavy atom. The highest BCUT2D eigenvalue weighted by atomic mass is 16.5. The van der Waals surface area contributed by atoms with E-state index in [1.807, 2.05) is 6.07 Å². The molecule has 0 amide bonds. The van der Waals surface area contributed by atoms with Gasteiger partial charge in [0.1, 0.15) is 6.10 Å². The third kappa shape index (κ3) is 1.41. The van der Waals surface area contributed by atoms with Crippen LogP contribution in [0.2, 0.25) is 0 Å². The highest BCUT2D eigenvalue weighted by Gasteiger charge is 2.54. The third-order valence-electron chi connectivity index (χ3n) is 5.21.